The standard InChI is InChI=1S/C14H19N/c1-4-14(3,11-15)10-12(2)13-8-6-5-7-9-13/h5-9,12H,4,10H2,1-3H3/t12-,14+/m1/s1. The summed E-state index contributed by atoms with van der Waals surface area (Å²) < 4.78 is 0. The quantitative estimate of drug-likeness (QED) is 0.718. The van der Waals surface area contributed by atoms with E-state index in [9.17, 15) is 0 Å². The minimum Gasteiger partial charge on any atom is -0.198 e. The molecular weight excluding hydrogens is 182 g/mol. The van der Waals surface area contributed by atoms with Crippen LogP contribution in [0.3, 0.4) is 0 Å². The molecule has 0 aromatic heterocycles. The van der Waals surface area contributed by atoms with Crippen LogP contribution in [0, 0.1) is 16.7 Å². The van der Waals surface area contributed by atoms with Gasteiger partial charge < -0.3 is 0 Å². The maximum Gasteiger partial charge on any atom is 0.0686 e. The molecule has 0 aliphatic rings. The van der Waals surface area contributed by atoms with Crippen LogP contribution in [-0.2, 0) is 0 Å². The van der Waals surface area contributed by atoms with Crippen molar-refractivity contribution in [2.24, 2.45) is 5.41 Å². The van der Waals surface area contributed by atoms with Crippen LogP contribution >= 0.6 is 0 Å². The summed E-state index contributed by atoms with van der Waals surface area (Å²) in [6.45, 7) is 6.33. The second-order valence-electron chi connectivity index (χ2n) is 4.54. The van der Waals surface area contributed by atoms with E-state index in [2.05, 4.69) is 44.2 Å². The van der Waals surface area contributed by atoms with Crippen molar-refractivity contribution in [1.29, 1.82) is 5.26 Å². The summed E-state index contributed by atoms with van der Waals surface area (Å²) in [6, 6.07) is 12.8. The Kier molecular flexibility index (Phi) is 3.91. The van der Waals surface area contributed by atoms with E-state index >= 15 is 0 Å². The second kappa shape index (κ2) is 4.98. The average molecular weight is 201 g/mol. The number of nitriles is 1. The molecule has 1 aromatic carbocycles. The maximum atomic E-state index is 9.13. The van der Waals surface area contributed by atoms with E-state index in [0.29, 0.717) is 5.92 Å². The van der Waals surface area contributed by atoms with Gasteiger partial charge in [-0.3, -0.25) is 0 Å². The predicted molar refractivity (Wildman–Crippen MR) is 63.5 cm³/mol. The van der Waals surface area contributed by atoms with E-state index in [1.54, 1.807) is 0 Å². The van der Waals surface area contributed by atoms with Gasteiger partial charge in [0.1, 0.15) is 0 Å². The van der Waals surface area contributed by atoms with E-state index < -0.39 is 0 Å². The van der Waals surface area contributed by atoms with Crippen LogP contribution in [0.2, 0.25) is 0 Å². The summed E-state index contributed by atoms with van der Waals surface area (Å²) in [7, 11) is 0. The zero-order valence-electron chi connectivity index (χ0n) is 9.83. The minimum atomic E-state index is -0.185. The lowest BCUT2D eigenvalue weighted by molar-refractivity contribution is 0.361. The Morgan fingerprint density at radius 3 is 2.40 bits per heavy atom. The van der Waals surface area contributed by atoms with Crippen molar-refractivity contribution in [3.63, 3.8) is 0 Å². The average Bonchev–Trinajstić information content (AvgIpc) is 2.30. The monoisotopic (exact) mass is 201 g/mol. The van der Waals surface area contributed by atoms with Crippen LogP contribution in [0.4, 0.5) is 0 Å². The lowest BCUT2D eigenvalue weighted by Crippen LogP contribution is -2.15. The van der Waals surface area contributed by atoms with Gasteiger partial charge in [-0.2, -0.15) is 5.26 Å². The lowest BCUT2D eigenvalue weighted by Gasteiger charge is -2.23. The van der Waals surface area contributed by atoms with Crippen molar-refractivity contribution in [2.75, 3.05) is 0 Å². The third kappa shape index (κ3) is 3.09. The molecule has 0 radical (unpaired) electrons. The molecule has 0 unspecified atom stereocenters. The molecule has 15 heavy (non-hydrogen) atoms. The smallest absolute Gasteiger partial charge is 0.0686 e. The Bertz CT molecular complexity index is 336. The molecular formula is C14H19N. The normalized spacial score (nSPS) is 16.4. The van der Waals surface area contributed by atoms with Crippen LogP contribution in [-0.4, -0.2) is 0 Å². The van der Waals surface area contributed by atoms with Gasteiger partial charge in [0.25, 0.3) is 0 Å². The lowest BCUT2D eigenvalue weighted by atomic mass is 9.78. The van der Waals surface area contributed by atoms with Gasteiger partial charge in [0, 0.05) is 0 Å². The SMILES string of the molecule is CC[C@](C)(C#N)C[C@@H](C)c1ccccc1. The number of nitrogens with zero attached hydrogens (tertiary/aromatic N) is 1. The molecule has 0 aliphatic heterocycles. The number of benzene rings is 1. The Balaban J connectivity index is 2.72. The largest absolute Gasteiger partial charge is 0.198 e. The van der Waals surface area contributed by atoms with E-state index in [1.165, 1.54) is 5.56 Å². The fraction of sp³-hybridized carbons (Fsp3) is 0.500. The molecule has 0 spiro atoms. The van der Waals surface area contributed by atoms with Crippen LogP contribution in [0.15, 0.2) is 30.3 Å². The molecule has 0 fully saturated rings. The molecule has 0 saturated carbocycles. The van der Waals surface area contributed by atoms with E-state index in [1.807, 2.05) is 13.0 Å². The highest BCUT2D eigenvalue weighted by Crippen LogP contribution is 2.33. The zero-order valence-corrected chi connectivity index (χ0v) is 9.83. The molecule has 2 atom stereocenters. The van der Waals surface area contributed by atoms with Gasteiger partial charge in [0.15, 0.2) is 0 Å². The summed E-state index contributed by atoms with van der Waals surface area (Å²) in [5.41, 5.74) is 1.14. The Labute approximate surface area is 92.7 Å². The first kappa shape index (κ1) is 11.8. The van der Waals surface area contributed by atoms with E-state index in [4.69, 9.17) is 5.26 Å². The molecule has 1 nitrogen and oxygen atoms in total. The second-order valence-corrected chi connectivity index (χ2v) is 4.54. The van der Waals surface area contributed by atoms with Crippen molar-refractivity contribution in [3.8, 4) is 6.07 Å². The zero-order chi connectivity index (χ0) is 11.3. The van der Waals surface area contributed by atoms with Crippen LogP contribution in [0.1, 0.15) is 45.1 Å². The number of hydrogen-bond acceptors (Lipinski definition) is 1. The molecule has 1 heteroatoms. The summed E-state index contributed by atoms with van der Waals surface area (Å²) in [6.07, 6.45) is 1.85. The van der Waals surface area contributed by atoms with Crippen LogP contribution < -0.4 is 0 Å². The van der Waals surface area contributed by atoms with Gasteiger partial charge in [0.05, 0.1) is 11.5 Å². The summed E-state index contributed by atoms with van der Waals surface area (Å²) in [5.74, 6) is 0.454. The molecule has 0 heterocycles. The van der Waals surface area contributed by atoms with Gasteiger partial charge in [0.2, 0.25) is 0 Å². The Hall–Kier alpha value is -1.29. The molecule has 0 N–H and O–H groups in total. The molecule has 0 amide bonds. The third-order valence-electron chi connectivity index (χ3n) is 3.18. The summed E-state index contributed by atoms with van der Waals surface area (Å²) in [5, 5.41) is 9.13. The molecule has 1 rings (SSSR count). The van der Waals surface area contributed by atoms with Crippen molar-refractivity contribution >= 4 is 0 Å². The first-order valence-electron chi connectivity index (χ1n) is 5.57. The van der Waals surface area contributed by atoms with Gasteiger partial charge in [-0.05, 0) is 31.2 Å². The molecule has 1 aromatic rings. The molecule has 0 saturated heterocycles. The highest BCUT2D eigenvalue weighted by atomic mass is 14.4. The predicted octanol–water partition coefficient (Wildman–Crippen LogP) is 4.12. The highest BCUT2D eigenvalue weighted by molar-refractivity contribution is 5.19. The third-order valence-corrected chi connectivity index (χ3v) is 3.18. The maximum absolute atomic E-state index is 9.13. The minimum absolute atomic E-state index is 0.185. The van der Waals surface area contributed by atoms with Crippen molar-refractivity contribution in [2.45, 2.75) is 39.5 Å². The van der Waals surface area contributed by atoms with Crippen LogP contribution in [0.25, 0.3) is 0 Å². The van der Waals surface area contributed by atoms with E-state index in [0.717, 1.165) is 12.8 Å². The Morgan fingerprint density at radius 2 is 1.93 bits per heavy atom. The van der Waals surface area contributed by atoms with Gasteiger partial charge in [-0.1, -0.05) is 44.2 Å². The fourth-order valence-corrected chi connectivity index (χ4v) is 1.84. The van der Waals surface area contributed by atoms with Crippen molar-refractivity contribution in [3.05, 3.63) is 35.9 Å². The summed E-state index contributed by atoms with van der Waals surface area (Å²) >= 11 is 0. The highest BCUT2D eigenvalue weighted by Gasteiger charge is 2.24. The summed E-state index contributed by atoms with van der Waals surface area (Å²) in [4.78, 5) is 0. The van der Waals surface area contributed by atoms with E-state index in [-0.39, 0.29) is 5.41 Å². The van der Waals surface area contributed by atoms with Gasteiger partial charge in [-0.25, -0.2) is 0 Å². The first-order chi connectivity index (χ1) is 7.11. The topological polar surface area (TPSA) is 23.8 Å². The van der Waals surface area contributed by atoms with Crippen molar-refractivity contribution < 1.29 is 0 Å². The molecule has 0 aliphatic carbocycles. The Morgan fingerprint density at radius 1 is 1.33 bits per heavy atom. The number of hydrogen-bond donors (Lipinski definition) is 0. The number of rotatable bonds is 4. The first-order valence-corrected chi connectivity index (χ1v) is 5.57. The van der Waals surface area contributed by atoms with Gasteiger partial charge >= 0.3 is 0 Å². The van der Waals surface area contributed by atoms with Crippen LogP contribution in [0.5, 0.6) is 0 Å². The molecule has 0 bridgehead atoms. The molecule has 80 valence electrons. The fourth-order valence-electron chi connectivity index (χ4n) is 1.84. The van der Waals surface area contributed by atoms with Crippen molar-refractivity contribution in [1.82, 2.24) is 0 Å². The van der Waals surface area contributed by atoms with Gasteiger partial charge in [-0.15, -0.1) is 0 Å².